The van der Waals surface area contributed by atoms with Crippen molar-refractivity contribution in [3.63, 3.8) is 0 Å². The fraction of sp³-hybridized carbons (Fsp3) is 0.800. The molecule has 7 heteroatoms. The average Bonchev–Trinajstić information content (AvgIpc) is 2.86. The molecule has 0 saturated carbocycles. The minimum absolute atomic E-state index is 0.253. The lowest BCUT2D eigenvalue weighted by atomic mass is 9.76. The molecule has 1 amide bonds. The molecule has 0 aromatic heterocycles. The molecule has 0 radical (unpaired) electrons. The van der Waals surface area contributed by atoms with Crippen molar-refractivity contribution < 1.29 is 29.0 Å². The first kappa shape index (κ1) is 18.4. The maximum absolute atomic E-state index is 12.5. The van der Waals surface area contributed by atoms with Crippen LogP contribution in [0, 0.1) is 5.92 Å². The van der Waals surface area contributed by atoms with E-state index in [0.717, 1.165) is 0 Å². The molecule has 1 heterocycles. The fourth-order valence-corrected chi connectivity index (χ4v) is 2.68. The van der Waals surface area contributed by atoms with Gasteiger partial charge in [-0.2, -0.15) is 0 Å². The van der Waals surface area contributed by atoms with E-state index in [9.17, 15) is 14.4 Å². The van der Waals surface area contributed by atoms with Crippen molar-refractivity contribution in [2.45, 2.75) is 58.1 Å². The van der Waals surface area contributed by atoms with Crippen molar-refractivity contribution >= 4 is 17.8 Å². The molecule has 2 unspecified atom stereocenters. The van der Waals surface area contributed by atoms with E-state index in [1.54, 1.807) is 27.7 Å². The summed E-state index contributed by atoms with van der Waals surface area (Å²) in [5, 5.41) is 11.5. The zero-order chi connectivity index (χ0) is 17.0. The maximum atomic E-state index is 12.5. The Kier molecular flexibility index (Phi) is 5.93. The van der Waals surface area contributed by atoms with Gasteiger partial charge in [-0.05, 0) is 33.6 Å². The monoisotopic (exact) mass is 315 g/mol. The van der Waals surface area contributed by atoms with E-state index in [-0.39, 0.29) is 12.3 Å². The highest BCUT2D eigenvalue weighted by atomic mass is 16.6. The van der Waals surface area contributed by atoms with Gasteiger partial charge in [0.05, 0.1) is 6.61 Å². The van der Waals surface area contributed by atoms with Gasteiger partial charge in [0.15, 0.2) is 5.78 Å². The average molecular weight is 315 g/mol. The van der Waals surface area contributed by atoms with Gasteiger partial charge in [0.1, 0.15) is 17.6 Å². The number of ketones is 1. The van der Waals surface area contributed by atoms with Crippen LogP contribution in [0.1, 0.15) is 47.0 Å². The molecule has 1 aliphatic heterocycles. The van der Waals surface area contributed by atoms with Gasteiger partial charge in [0.2, 0.25) is 0 Å². The van der Waals surface area contributed by atoms with Gasteiger partial charge in [-0.25, -0.2) is 4.79 Å². The smallest absolute Gasteiger partial charge is 0.408 e. The summed E-state index contributed by atoms with van der Waals surface area (Å²) in [7, 11) is 0. The van der Waals surface area contributed by atoms with Gasteiger partial charge < -0.3 is 19.9 Å². The molecule has 1 rings (SSSR count). The molecule has 1 fully saturated rings. The Labute approximate surface area is 130 Å². The number of carboxylic acids is 1. The molecule has 0 bridgehead atoms. The lowest BCUT2D eigenvalue weighted by molar-refractivity contribution is -0.143. The highest BCUT2D eigenvalue weighted by Crippen LogP contribution is 2.31. The summed E-state index contributed by atoms with van der Waals surface area (Å²) in [6, 6.07) is 0. The molecule has 22 heavy (non-hydrogen) atoms. The summed E-state index contributed by atoms with van der Waals surface area (Å²) in [5.41, 5.74) is -1.97. The van der Waals surface area contributed by atoms with Crippen LogP contribution in [0.25, 0.3) is 0 Å². The number of carbonyl (C=O) groups is 3. The fourth-order valence-electron chi connectivity index (χ4n) is 2.68. The number of hydrogen-bond donors (Lipinski definition) is 2. The van der Waals surface area contributed by atoms with Crippen LogP contribution in [-0.2, 0) is 19.1 Å². The molecule has 0 aliphatic carbocycles. The predicted octanol–water partition coefficient (Wildman–Crippen LogP) is 1.74. The van der Waals surface area contributed by atoms with Crippen molar-refractivity contribution in [1.29, 1.82) is 0 Å². The first-order valence-corrected chi connectivity index (χ1v) is 7.44. The van der Waals surface area contributed by atoms with Crippen LogP contribution in [0.2, 0.25) is 0 Å². The Morgan fingerprint density at radius 2 is 1.95 bits per heavy atom. The van der Waals surface area contributed by atoms with Crippen LogP contribution in [0.15, 0.2) is 0 Å². The molecule has 0 aromatic carbocycles. The highest BCUT2D eigenvalue weighted by molar-refractivity contribution is 6.02. The molecule has 1 saturated heterocycles. The number of alkyl carbamates (subject to hydrolysis) is 1. The number of carbonyl (C=O) groups excluding carboxylic acids is 2. The predicted molar refractivity (Wildman–Crippen MR) is 78.6 cm³/mol. The second-order valence-electron chi connectivity index (χ2n) is 6.51. The Bertz CT molecular complexity index is 436. The molecule has 2 atom stereocenters. The number of hydrogen-bond acceptors (Lipinski definition) is 5. The van der Waals surface area contributed by atoms with E-state index in [1.165, 1.54) is 0 Å². The summed E-state index contributed by atoms with van der Waals surface area (Å²) >= 11 is 0. The van der Waals surface area contributed by atoms with Crippen molar-refractivity contribution in [2.24, 2.45) is 5.92 Å². The van der Waals surface area contributed by atoms with Gasteiger partial charge >= 0.3 is 12.1 Å². The van der Waals surface area contributed by atoms with E-state index in [4.69, 9.17) is 14.6 Å². The van der Waals surface area contributed by atoms with E-state index >= 15 is 0 Å². The molecule has 2 N–H and O–H groups in total. The Morgan fingerprint density at radius 3 is 2.36 bits per heavy atom. The lowest BCUT2D eigenvalue weighted by Gasteiger charge is -2.37. The topological polar surface area (TPSA) is 102 Å². The minimum atomic E-state index is -1.27. The van der Waals surface area contributed by atoms with Gasteiger partial charge in [0.25, 0.3) is 0 Å². The first-order valence-electron chi connectivity index (χ1n) is 7.44. The van der Waals surface area contributed by atoms with Crippen LogP contribution in [0.4, 0.5) is 4.79 Å². The summed E-state index contributed by atoms with van der Waals surface area (Å²) in [5.74, 6) is -1.99. The molecule has 7 nitrogen and oxygen atoms in total. The quantitative estimate of drug-likeness (QED) is 0.724. The SMILES string of the molecule is CCC(NC(=O)OC(C)(C)C)(C(=O)CC(=O)O)C1CCOC1. The van der Waals surface area contributed by atoms with E-state index in [1.807, 2.05) is 0 Å². The Morgan fingerprint density at radius 1 is 1.32 bits per heavy atom. The van der Waals surface area contributed by atoms with Gasteiger partial charge in [-0.3, -0.25) is 9.59 Å². The maximum Gasteiger partial charge on any atom is 0.408 e. The summed E-state index contributed by atoms with van der Waals surface area (Å²) in [6.07, 6.45) is -0.485. The van der Waals surface area contributed by atoms with Gasteiger partial charge in [-0.1, -0.05) is 6.92 Å². The third-order valence-corrected chi connectivity index (χ3v) is 3.72. The first-order chi connectivity index (χ1) is 10.1. The zero-order valence-corrected chi connectivity index (χ0v) is 13.6. The number of carboxylic acid groups (broad SMARTS) is 1. The Balaban J connectivity index is 3.00. The molecule has 126 valence electrons. The molecule has 0 aromatic rings. The third-order valence-electron chi connectivity index (χ3n) is 3.72. The van der Waals surface area contributed by atoms with Gasteiger partial charge in [-0.15, -0.1) is 0 Å². The second-order valence-corrected chi connectivity index (χ2v) is 6.51. The normalized spacial score (nSPS) is 21.0. The number of Topliss-reactive ketones (excluding diaryl/α,β-unsaturated/α-hetero) is 1. The second kappa shape index (κ2) is 7.09. The van der Waals surface area contributed by atoms with Crippen molar-refractivity contribution in [3.8, 4) is 0 Å². The molecular formula is C15H25NO6. The number of ether oxygens (including phenoxy) is 2. The number of amides is 1. The number of rotatable bonds is 6. The minimum Gasteiger partial charge on any atom is -0.481 e. The van der Waals surface area contributed by atoms with Crippen LogP contribution in [0.5, 0.6) is 0 Å². The zero-order valence-electron chi connectivity index (χ0n) is 13.6. The van der Waals surface area contributed by atoms with E-state index in [0.29, 0.717) is 19.6 Å². The molecule has 0 spiro atoms. The highest BCUT2D eigenvalue weighted by Gasteiger charge is 2.47. The molecule has 1 aliphatic rings. The summed E-state index contributed by atoms with van der Waals surface area (Å²) < 4.78 is 10.5. The largest absolute Gasteiger partial charge is 0.481 e. The summed E-state index contributed by atoms with van der Waals surface area (Å²) in [6.45, 7) is 7.71. The van der Waals surface area contributed by atoms with E-state index in [2.05, 4.69) is 5.32 Å². The van der Waals surface area contributed by atoms with Crippen molar-refractivity contribution in [1.82, 2.24) is 5.32 Å². The lowest BCUT2D eigenvalue weighted by Crippen LogP contribution is -2.60. The van der Waals surface area contributed by atoms with Crippen LogP contribution in [0.3, 0.4) is 0 Å². The Hall–Kier alpha value is -1.63. The number of nitrogens with one attached hydrogen (secondary N) is 1. The van der Waals surface area contributed by atoms with Crippen LogP contribution >= 0.6 is 0 Å². The van der Waals surface area contributed by atoms with Crippen LogP contribution < -0.4 is 5.32 Å². The molecular weight excluding hydrogens is 290 g/mol. The number of aliphatic carboxylic acids is 1. The van der Waals surface area contributed by atoms with Crippen molar-refractivity contribution in [2.75, 3.05) is 13.2 Å². The van der Waals surface area contributed by atoms with E-state index < -0.39 is 35.4 Å². The van der Waals surface area contributed by atoms with Crippen LogP contribution in [-0.4, -0.2) is 47.3 Å². The van der Waals surface area contributed by atoms with Crippen molar-refractivity contribution in [3.05, 3.63) is 0 Å². The third kappa shape index (κ3) is 4.69. The standard InChI is InChI=1S/C15H25NO6/c1-5-15(10-6-7-21-9-10,11(17)8-12(18)19)16-13(20)22-14(2,3)4/h10H,5-9H2,1-4H3,(H,16,20)(H,18,19). The van der Waals surface area contributed by atoms with Gasteiger partial charge in [0, 0.05) is 12.5 Å². The summed E-state index contributed by atoms with van der Waals surface area (Å²) in [4.78, 5) is 35.5.